The third-order valence-electron chi connectivity index (χ3n) is 12.4. The van der Waals surface area contributed by atoms with Crippen LogP contribution in [0.2, 0.25) is 0 Å². The normalized spacial score (nSPS) is 33.4. The quantitative estimate of drug-likeness (QED) is 0.0768. The van der Waals surface area contributed by atoms with Crippen molar-refractivity contribution in [3.63, 3.8) is 0 Å². The zero-order valence-corrected chi connectivity index (χ0v) is 30.5. The number of ether oxygens (including phenoxy) is 5. The standard InChI is InChI=1S/C37H66O8S/c1-28(2)7-6-8-29(3)33-11-12-34-32-10-9-30-27-31(13-15-36(30,4)35(32)14-16-37(33,34)5)45-24-23-43-20-19-41-17-18-42-21-22-44-25-26-46(38,39)40/h9,28-29,31-35H,6-8,10-27H2,1-5H3,(H,38,39,40)/t29-,31+,32+,33-,34+,35+,36+,37-/m1/s1. The highest BCUT2D eigenvalue weighted by Gasteiger charge is 2.59. The van der Waals surface area contributed by atoms with Crippen molar-refractivity contribution in [3.05, 3.63) is 11.6 Å². The summed E-state index contributed by atoms with van der Waals surface area (Å²) in [5, 5.41) is 0. The Morgan fingerprint density at radius 3 is 2.07 bits per heavy atom. The highest BCUT2D eigenvalue weighted by atomic mass is 32.2. The van der Waals surface area contributed by atoms with Gasteiger partial charge in [0.2, 0.25) is 0 Å². The van der Waals surface area contributed by atoms with Crippen LogP contribution in [0.4, 0.5) is 0 Å². The minimum absolute atomic E-state index is 0.0443. The Bertz CT molecular complexity index is 1050. The van der Waals surface area contributed by atoms with Gasteiger partial charge in [-0.2, -0.15) is 8.42 Å². The van der Waals surface area contributed by atoms with E-state index in [0.29, 0.717) is 63.2 Å². The van der Waals surface area contributed by atoms with Crippen LogP contribution in [0.1, 0.15) is 105 Å². The van der Waals surface area contributed by atoms with Gasteiger partial charge in [-0.15, -0.1) is 0 Å². The Labute approximate surface area is 280 Å². The fourth-order valence-electron chi connectivity index (χ4n) is 9.99. The predicted octanol–water partition coefficient (Wildman–Crippen LogP) is 7.37. The van der Waals surface area contributed by atoms with E-state index < -0.39 is 15.9 Å². The van der Waals surface area contributed by atoms with Gasteiger partial charge in [0.05, 0.1) is 71.3 Å². The van der Waals surface area contributed by atoms with Crippen molar-refractivity contribution in [2.45, 2.75) is 111 Å². The van der Waals surface area contributed by atoms with E-state index in [2.05, 4.69) is 40.7 Å². The lowest BCUT2D eigenvalue weighted by Gasteiger charge is -2.58. The van der Waals surface area contributed by atoms with E-state index in [1.165, 1.54) is 57.8 Å². The Kier molecular flexibility index (Phi) is 14.9. The number of hydrogen-bond donors (Lipinski definition) is 1. The number of fused-ring (bicyclic) bond motifs is 5. The number of allylic oxidation sites excluding steroid dienone is 1. The molecule has 268 valence electrons. The third-order valence-corrected chi connectivity index (χ3v) is 13.1. The van der Waals surface area contributed by atoms with Gasteiger partial charge in [-0.1, -0.05) is 65.5 Å². The first kappa shape index (κ1) is 38.3. The summed E-state index contributed by atoms with van der Waals surface area (Å²) in [6.07, 6.45) is 17.7. The van der Waals surface area contributed by atoms with Crippen molar-refractivity contribution in [1.29, 1.82) is 0 Å². The molecule has 8 atom stereocenters. The molecule has 0 unspecified atom stereocenters. The van der Waals surface area contributed by atoms with E-state index >= 15 is 0 Å². The van der Waals surface area contributed by atoms with Crippen LogP contribution in [0, 0.1) is 46.3 Å². The van der Waals surface area contributed by atoms with Crippen molar-refractivity contribution in [2.75, 3.05) is 65.2 Å². The van der Waals surface area contributed by atoms with E-state index in [0.717, 1.165) is 48.3 Å². The van der Waals surface area contributed by atoms with Gasteiger partial charge in [-0.3, -0.25) is 4.55 Å². The molecule has 3 saturated carbocycles. The highest BCUT2D eigenvalue weighted by molar-refractivity contribution is 7.85. The molecule has 0 bridgehead atoms. The van der Waals surface area contributed by atoms with E-state index in [1.54, 1.807) is 5.57 Å². The van der Waals surface area contributed by atoms with E-state index in [4.69, 9.17) is 28.2 Å². The van der Waals surface area contributed by atoms with E-state index in [1.807, 2.05) is 0 Å². The molecule has 3 fully saturated rings. The Morgan fingerprint density at radius 2 is 1.43 bits per heavy atom. The number of hydrogen-bond acceptors (Lipinski definition) is 7. The van der Waals surface area contributed by atoms with Gasteiger partial charge in [0.25, 0.3) is 10.1 Å². The van der Waals surface area contributed by atoms with Crippen LogP contribution in [0.25, 0.3) is 0 Å². The van der Waals surface area contributed by atoms with Gasteiger partial charge in [-0.05, 0) is 97.7 Å². The molecule has 9 heteroatoms. The summed E-state index contributed by atoms with van der Waals surface area (Å²) < 4.78 is 57.9. The van der Waals surface area contributed by atoms with Crippen LogP contribution in [0.3, 0.4) is 0 Å². The van der Waals surface area contributed by atoms with Gasteiger partial charge >= 0.3 is 0 Å². The molecule has 0 amide bonds. The molecule has 0 aromatic heterocycles. The smallest absolute Gasteiger partial charge is 0.267 e. The van der Waals surface area contributed by atoms with Gasteiger partial charge < -0.3 is 23.7 Å². The summed E-state index contributed by atoms with van der Waals surface area (Å²) in [7, 11) is -3.98. The van der Waals surface area contributed by atoms with Crippen molar-refractivity contribution >= 4 is 10.1 Å². The maximum atomic E-state index is 10.6. The minimum Gasteiger partial charge on any atom is -0.378 e. The molecule has 4 aliphatic carbocycles. The molecule has 8 nitrogen and oxygen atoms in total. The zero-order valence-electron chi connectivity index (χ0n) is 29.7. The second-order valence-corrected chi connectivity index (χ2v) is 17.3. The first-order valence-electron chi connectivity index (χ1n) is 18.5. The third kappa shape index (κ3) is 10.5. The topological polar surface area (TPSA) is 101 Å². The Hall–Kier alpha value is -0.550. The summed E-state index contributed by atoms with van der Waals surface area (Å²) in [5.41, 5.74) is 2.59. The van der Waals surface area contributed by atoms with E-state index in [-0.39, 0.29) is 13.2 Å². The first-order chi connectivity index (χ1) is 21.9. The molecular formula is C37H66O8S. The van der Waals surface area contributed by atoms with Crippen molar-refractivity contribution in [3.8, 4) is 0 Å². The summed E-state index contributed by atoms with van der Waals surface area (Å²) >= 11 is 0. The molecule has 4 aliphatic rings. The lowest BCUT2D eigenvalue weighted by Crippen LogP contribution is -2.51. The summed E-state index contributed by atoms with van der Waals surface area (Å²) in [5.74, 6) is 4.84. The SMILES string of the molecule is CC(C)CCC[C@@H](C)[C@H]1CC[C@H]2[C@@H]3CC=C4C[C@@H](OCCOCCOCCOCCOCCS(=O)(=O)O)CC[C@]4(C)[C@H]3CC[C@]12C. The van der Waals surface area contributed by atoms with Crippen LogP contribution in [0.5, 0.6) is 0 Å². The number of rotatable bonds is 21. The van der Waals surface area contributed by atoms with Crippen molar-refractivity contribution in [2.24, 2.45) is 46.3 Å². The van der Waals surface area contributed by atoms with Gasteiger partial charge in [0.1, 0.15) is 0 Å². The van der Waals surface area contributed by atoms with Crippen molar-refractivity contribution in [1.82, 2.24) is 0 Å². The molecule has 0 spiro atoms. The average Bonchev–Trinajstić information content (AvgIpc) is 3.35. The Morgan fingerprint density at radius 1 is 0.804 bits per heavy atom. The molecule has 46 heavy (non-hydrogen) atoms. The minimum atomic E-state index is -3.98. The molecule has 0 aliphatic heterocycles. The van der Waals surface area contributed by atoms with E-state index in [9.17, 15) is 8.42 Å². The van der Waals surface area contributed by atoms with Gasteiger partial charge in [0, 0.05) is 0 Å². The van der Waals surface area contributed by atoms with Crippen LogP contribution in [-0.2, 0) is 33.8 Å². The summed E-state index contributed by atoms with van der Waals surface area (Å²) in [4.78, 5) is 0. The maximum Gasteiger partial charge on any atom is 0.267 e. The first-order valence-corrected chi connectivity index (χ1v) is 20.1. The lowest BCUT2D eigenvalue weighted by molar-refractivity contribution is -0.0692. The second-order valence-electron chi connectivity index (χ2n) is 15.8. The van der Waals surface area contributed by atoms with Crippen LogP contribution in [0.15, 0.2) is 11.6 Å². The molecule has 4 rings (SSSR count). The molecule has 0 aromatic rings. The molecule has 0 aromatic carbocycles. The Balaban J connectivity index is 1.09. The van der Waals surface area contributed by atoms with Crippen LogP contribution < -0.4 is 0 Å². The monoisotopic (exact) mass is 670 g/mol. The molecule has 1 N–H and O–H groups in total. The fourth-order valence-corrected chi connectivity index (χ4v) is 10.3. The van der Waals surface area contributed by atoms with Crippen molar-refractivity contribution < 1.29 is 36.7 Å². The zero-order chi connectivity index (χ0) is 33.2. The average molecular weight is 671 g/mol. The largest absolute Gasteiger partial charge is 0.378 e. The summed E-state index contributed by atoms with van der Waals surface area (Å²) in [6.45, 7) is 16.3. The van der Waals surface area contributed by atoms with Gasteiger partial charge in [-0.25, -0.2) is 0 Å². The summed E-state index contributed by atoms with van der Waals surface area (Å²) in [6, 6.07) is 0. The molecule has 0 saturated heterocycles. The predicted molar refractivity (Wildman–Crippen MR) is 182 cm³/mol. The maximum absolute atomic E-state index is 10.6. The molecular weight excluding hydrogens is 604 g/mol. The lowest BCUT2D eigenvalue weighted by atomic mass is 9.47. The van der Waals surface area contributed by atoms with Crippen LogP contribution >= 0.6 is 0 Å². The fraction of sp³-hybridized carbons (Fsp3) is 0.946. The van der Waals surface area contributed by atoms with Crippen LogP contribution in [-0.4, -0.2) is 84.3 Å². The van der Waals surface area contributed by atoms with Gasteiger partial charge in [0.15, 0.2) is 0 Å². The molecule has 0 heterocycles. The second kappa shape index (κ2) is 17.9. The molecule has 0 radical (unpaired) electrons. The highest BCUT2D eigenvalue weighted by Crippen LogP contribution is 2.67.